The summed E-state index contributed by atoms with van der Waals surface area (Å²) in [7, 11) is 0. The maximum absolute atomic E-state index is 13.3. The fourth-order valence-electron chi connectivity index (χ4n) is 2.87. The van der Waals surface area contributed by atoms with E-state index in [4.69, 9.17) is 5.73 Å². The van der Waals surface area contributed by atoms with Crippen LogP contribution in [0.5, 0.6) is 0 Å². The first kappa shape index (κ1) is 11.6. The molecule has 1 nitrogen and oxygen atoms in total. The van der Waals surface area contributed by atoms with Gasteiger partial charge in [0, 0.05) is 0 Å². The van der Waals surface area contributed by atoms with Gasteiger partial charge in [0.1, 0.15) is 5.82 Å². The van der Waals surface area contributed by atoms with Crippen LogP contribution in [0.25, 0.3) is 0 Å². The summed E-state index contributed by atoms with van der Waals surface area (Å²) in [6.07, 6.45) is 2.27. The highest BCUT2D eigenvalue weighted by Gasteiger charge is 2.28. The van der Waals surface area contributed by atoms with E-state index in [0.29, 0.717) is 24.3 Å². The van der Waals surface area contributed by atoms with Crippen LogP contribution in [0.2, 0.25) is 0 Å². The van der Waals surface area contributed by atoms with E-state index in [0.717, 1.165) is 12.0 Å². The minimum atomic E-state index is -0.137. The van der Waals surface area contributed by atoms with Gasteiger partial charge in [0.15, 0.2) is 0 Å². The van der Waals surface area contributed by atoms with Crippen molar-refractivity contribution in [1.82, 2.24) is 0 Å². The van der Waals surface area contributed by atoms with Crippen LogP contribution in [0.4, 0.5) is 4.39 Å². The van der Waals surface area contributed by atoms with Crippen molar-refractivity contribution in [3.8, 4) is 0 Å². The molecule has 1 aromatic carbocycles. The maximum Gasteiger partial charge on any atom is 0.123 e. The van der Waals surface area contributed by atoms with Crippen molar-refractivity contribution in [3.63, 3.8) is 0 Å². The van der Waals surface area contributed by atoms with Gasteiger partial charge < -0.3 is 5.73 Å². The number of nitrogens with two attached hydrogens (primary N) is 1. The van der Waals surface area contributed by atoms with Crippen molar-refractivity contribution in [2.75, 3.05) is 6.54 Å². The molecule has 2 rings (SSSR count). The Balaban J connectivity index is 2.44. The van der Waals surface area contributed by atoms with Crippen LogP contribution in [-0.4, -0.2) is 6.54 Å². The Bertz CT molecular complexity index is 373. The predicted octanol–water partition coefficient (Wildman–Crippen LogP) is 3.40. The number of fused-ring (bicyclic) bond motifs is 1. The Morgan fingerprint density at radius 2 is 2.06 bits per heavy atom. The summed E-state index contributed by atoms with van der Waals surface area (Å²) in [4.78, 5) is 0. The third-order valence-corrected chi connectivity index (χ3v) is 3.80. The number of rotatable bonds is 2. The molecule has 0 saturated heterocycles. The predicted molar refractivity (Wildman–Crippen MR) is 65.0 cm³/mol. The van der Waals surface area contributed by atoms with E-state index in [2.05, 4.69) is 13.8 Å². The lowest BCUT2D eigenvalue weighted by Crippen LogP contribution is -2.23. The molecular formula is C14H20FN. The van der Waals surface area contributed by atoms with Crippen LogP contribution in [-0.2, 0) is 0 Å². The normalized spacial score (nSPS) is 24.6. The Morgan fingerprint density at radius 1 is 1.31 bits per heavy atom. The smallest absolute Gasteiger partial charge is 0.123 e. The molecule has 0 bridgehead atoms. The second-order valence-electron chi connectivity index (χ2n) is 5.13. The van der Waals surface area contributed by atoms with Gasteiger partial charge in [-0.1, -0.05) is 19.9 Å². The van der Waals surface area contributed by atoms with Gasteiger partial charge in [0.25, 0.3) is 0 Å². The van der Waals surface area contributed by atoms with Crippen molar-refractivity contribution in [2.45, 2.75) is 38.5 Å². The zero-order chi connectivity index (χ0) is 11.7. The molecule has 1 aliphatic rings. The molecule has 0 saturated carbocycles. The van der Waals surface area contributed by atoms with Gasteiger partial charge >= 0.3 is 0 Å². The lowest BCUT2D eigenvalue weighted by Gasteiger charge is -2.33. The molecule has 0 amide bonds. The summed E-state index contributed by atoms with van der Waals surface area (Å²) in [6, 6.07) is 5.21. The third-order valence-electron chi connectivity index (χ3n) is 3.80. The summed E-state index contributed by atoms with van der Waals surface area (Å²) in [5.74, 6) is 1.39. The second kappa shape index (κ2) is 4.54. The molecule has 2 unspecified atom stereocenters. The quantitative estimate of drug-likeness (QED) is 0.813. The first-order chi connectivity index (χ1) is 7.63. The summed E-state index contributed by atoms with van der Waals surface area (Å²) in [5, 5.41) is 0. The van der Waals surface area contributed by atoms with E-state index in [-0.39, 0.29) is 5.82 Å². The largest absolute Gasteiger partial charge is 0.330 e. The number of hydrogen-bond donors (Lipinski definition) is 1. The summed E-state index contributed by atoms with van der Waals surface area (Å²) in [5.41, 5.74) is 8.23. The molecule has 88 valence electrons. The van der Waals surface area contributed by atoms with Gasteiger partial charge in [0.2, 0.25) is 0 Å². The van der Waals surface area contributed by atoms with Crippen LogP contribution in [0.3, 0.4) is 0 Å². The second-order valence-corrected chi connectivity index (χ2v) is 5.13. The highest BCUT2D eigenvalue weighted by atomic mass is 19.1. The summed E-state index contributed by atoms with van der Waals surface area (Å²) < 4.78 is 13.3. The van der Waals surface area contributed by atoms with E-state index in [1.54, 1.807) is 12.1 Å². The van der Waals surface area contributed by atoms with Gasteiger partial charge in [0.05, 0.1) is 0 Å². The molecule has 2 atom stereocenters. The number of hydrogen-bond acceptors (Lipinski definition) is 1. The summed E-state index contributed by atoms with van der Waals surface area (Å²) >= 11 is 0. The molecule has 1 aliphatic carbocycles. The molecule has 2 heteroatoms. The average Bonchev–Trinajstić information content (AvgIpc) is 2.27. The van der Waals surface area contributed by atoms with Crippen molar-refractivity contribution in [1.29, 1.82) is 0 Å². The molecule has 0 heterocycles. The number of halogens is 1. The van der Waals surface area contributed by atoms with E-state index in [1.807, 2.05) is 6.07 Å². The molecule has 2 N–H and O–H groups in total. The zero-order valence-corrected chi connectivity index (χ0v) is 10.0. The molecule has 0 radical (unpaired) electrons. The van der Waals surface area contributed by atoms with Gasteiger partial charge in [-0.15, -0.1) is 0 Å². The van der Waals surface area contributed by atoms with Crippen LogP contribution in [0.1, 0.15) is 49.7 Å². The Hall–Kier alpha value is -0.890. The van der Waals surface area contributed by atoms with Gasteiger partial charge in [-0.3, -0.25) is 0 Å². The van der Waals surface area contributed by atoms with Gasteiger partial charge in [-0.25, -0.2) is 4.39 Å². The van der Waals surface area contributed by atoms with Crippen LogP contribution >= 0.6 is 0 Å². The van der Waals surface area contributed by atoms with E-state index in [1.165, 1.54) is 12.0 Å². The van der Waals surface area contributed by atoms with Crippen molar-refractivity contribution in [3.05, 3.63) is 35.1 Å². The van der Waals surface area contributed by atoms with E-state index < -0.39 is 0 Å². The molecule has 0 fully saturated rings. The monoisotopic (exact) mass is 221 g/mol. The molecule has 16 heavy (non-hydrogen) atoms. The molecule has 1 aromatic rings. The molecule has 0 spiro atoms. The summed E-state index contributed by atoms with van der Waals surface area (Å²) in [6.45, 7) is 5.10. The Kier molecular flexibility index (Phi) is 3.29. The minimum absolute atomic E-state index is 0.137. The Morgan fingerprint density at radius 3 is 2.69 bits per heavy atom. The van der Waals surface area contributed by atoms with Crippen molar-refractivity contribution < 1.29 is 4.39 Å². The maximum atomic E-state index is 13.3. The molecule has 0 aromatic heterocycles. The first-order valence-corrected chi connectivity index (χ1v) is 6.13. The zero-order valence-electron chi connectivity index (χ0n) is 10.0. The van der Waals surface area contributed by atoms with Crippen molar-refractivity contribution >= 4 is 0 Å². The van der Waals surface area contributed by atoms with E-state index in [9.17, 15) is 4.39 Å². The van der Waals surface area contributed by atoms with Crippen LogP contribution in [0, 0.1) is 11.7 Å². The minimum Gasteiger partial charge on any atom is -0.330 e. The Labute approximate surface area is 96.9 Å². The topological polar surface area (TPSA) is 26.0 Å². The van der Waals surface area contributed by atoms with Gasteiger partial charge in [-0.05, 0) is 60.4 Å². The SMILES string of the molecule is CC(C)C1CCC(CN)c2cc(F)ccc21. The van der Waals surface area contributed by atoms with Gasteiger partial charge in [-0.2, -0.15) is 0 Å². The fourth-order valence-corrected chi connectivity index (χ4v) is 2.87. The van der Waals surface area contributed by atoms with E-state index >= 15 is 0 Å². The third kappa shape index (κ3) is 1.99. The van der Waals surface area contributed by atoms with Crippen molar-refractivity contribution in [2.24, 2.45) is 11.7 Å². The standard InChI is InChI=1S/C14H20FN/c1-9(2)12-5-3-10(8-16)14-7-11(15)4-6-13(12)14/h4,6-7,9-10,12H,3,5,8,16H2,1-2H3. The molecule has 0 aliphatic heterocycles. The van der Waals surface area contributed by atoms with Crippen LogP contribution in [0.15, 0.2) is 18.2 Å². The lowest BCUT2D eigenvalue weighted by atomic mass is 9.72. The highest BCUT2D eigenvalue weighted by Crippen LogP contribution is 2.42. The lowest BCUT2D eigenvalue weighted by molar-refractivity contribution is 0.402. The molecular weight excluding hydrogens is 201 g/mol. The average molecular weight is 221 g/mol. The van der Waals surface area contributed by atoms with Crippen LogP contribution < -0.4 is 5.73 Å². The first-order valence-electron chi connectivity index (χ1n) is 6.13. The highest BCUT2D eigenvalue weighted by molar-refractivity contribution is 5.36. The number of benzene rings is 1. The fraction of sp³-hybridized carbons (Fsp3) is 0.571.